The lowest BCUT2D eigenvalue weighted by Gasteiger charge is -2.77. The summed E-state index contributed by atoms with van der Waals surface area (Å²) in [6.45, 7) is 15.2. The molecule has 9 atom stereocenters. The van der Waals surface area contributed by atoms with Gasteiger partial charge in [-0.1, -0.05) is 41.5 Å². The van der Waals surface area contributed by atoms with Crippen LogP contribution in [0.5, 0.6) is 0 Å². The van der Waals surface area contributed by atoms with Gasteiger partial charge in [0.25, 0.3) is 0 Å². The van der Waals surface area contributed by atoms with E-state index in [0.29, 0.717) is 5.92 Å². The molecule has 0 radical (unpaired) electrons. The van der Waals surface area contributed by atoms with Gasteiger partial charge < -0.3 is 10.2 Å². The maximum Gasteiger partial charge on any atom is 0.0630 e. The third-order valence-corrected chi connectivity index (χ3v) is 13.2. The van der Waals surface area contributed by atoms with Crippen LogP contribution < -0.4 is 0 Å². The molecule has 0 aliphatic heterocycles. The van der Waals surface area contributed by atoms with Crippen LogP contribution in [0.15, 0.2) is 24.5 Å². The normalized spacial score (nSPS) is 55.1. The number of rotatable bonds is 2. The van der Waals surface area contributed by atoms with E-state index in [1.165, 1.54) is 24.8 Å². The molecule has 0 spiro atoms. The van der Waals surface area contributed by atoms with Crippen LogP contribution in [0, 0.1) is 38.4 Å². The van der Waals surface area contributed by atoms with E-state index in [1.807, 2.05) is 12.4 Å². The van der Waals surface area contributed by atoms with E-state index >= 15 is 0 Å². The van der Waals surface area contributed by atoms with Crippen molar-refractivity contribution in [2.75, 3.05) is 0 Å². The van der Waals surface area contributed by atoms with Crippen molar-refractivity contribution < 1.29 is 10.2 Å². The molecule has 0 saturated heterocycles. The Kier molecular flexibility index (Phi) is 4.86. The monoisotopic (exact) mass is 439 g/mol. The highest BCUT2D eigenvalue weighted by Gasteiger charge is 2.77. The Morgan fingerprint density at radius 3 is 2.09 bits per heavy atom. The van der Waals surface area contributed by atoms with Crippen molar-refractivity contribution in [2.24, 2.45) is 38.4 Å². The molecular weight excluding hydrogens is 394 g/mol. The summed E-state index contributed by atoms with van der Waals surface area (Å²) < 4.78 is 0. The van der Waals surface area contributed by atoms with E-state index < -0.39 is 0 Å². The Hall–Kier alpha value is -0.930. The predicted molar refractivity (Wildman–Crippen MR) is 129 cm³/mol. The maximum atomic E-state index is 11.8. The second-order valence-electron chi connectivity index (χ2n) is 13.7. The van der Waals surface area contributed by atoms with Crippen molar-refractivity contribution in [3.63, 3.8) is 0 Å². The van der Waals surface area contributed by atoms with Gasteiger partial charge in [-0.3, -0.25) is 4.98 Å². The van der Waals surface area contributed by atoms with Crippen molar-refractivity contribution in [2.45, 2.75) is 112 Å². The van der Waals surface area contributed by atoms with Gasteiger partial charge in [-0.05, 0) is 114 Å². The largest absolute Gasteiger partial charge is 0.393 e. The maximum absolute atomic E-state index is 11.8. The first-order valence-electron chi connectivity index (χ1n) is 13.1. The van der Waals surface area contributed by atoms with Crippen molar-refractivity contribution in [3.8, 4) is 0 Å². The van der Waals surface area contributed by atoms with E-state index in [4.69, 9.17) is 0 Å². The van der Waals surface area contributed by atoms with Crippen LogP contribution in [-0.4, -0.2) is 27.4 Å². The molecule has 4 aliphatic rings. The van der Waals surface area contributed by atoms with Gasteiger partial charge in [0.15, 0.2) is 0 Å². The minimum atomic E-state index is -0.253. The molecule has 3 nitrogen and oxygen atoms in total. The van der Waals surface area contributed by atoms with Gasteiger partial charge in [-0.15, -0.1) is 0 Å². The molecular formula is C29H45NO2. The molecule has 4 aliphatic carbocycles. The SMILES string of the molecule is C[C@@]12CC[C@]3(C)[C@](C)(CC[C@]4(C)[C@H](O)[C@H](Cc5ccncc5)C[C@@]34C)[C@@]1(C)CC[C@H](O)C2. The average Bonchev–Trinajstić information content (AvgIpc) is 2.95. The lowest BCUT2D eigenvalue weighted by molar-refractivity contribution is -0.292. The average molecular weight is 440 g/mol. The van der Waals surface area contributed by atoms with Crippen molar-refractivity contribution >= 4 is 0 Å². The van der Waals surface area contributed by atoms with Crippen LogP contribution >= 0.6 is 0 Å². The molecule has 4 saturated carbocycles. The molecule has 0 aromatic carbocycles. The minimum absolute atomic E-state index is 0.0444. The summed E-state index contributed by atoms with van der Waals surface area (Å²) in [5.41, 5.74) is 2.18. The number of aliphatic hydroxyl groups excluding tert-OH is 2. The Bertz CT molecular complexity index is 888. The number of aromatic nitrogens is 1. The summed E-state index contributed by atoms with van der Waals surface area (Å²) >= 11 is 0. The highest BCUT2D eigenvalue weighted by Crippen LogP contribution is 2.83. The fourth-order valence-corrected chi connectivity index (χ4v) is 10.3. The molecule has 1 heterocycles. The highest BCUT2D eigenvalue weighted by molar-refractivity contribution is 5.27. The van der Waals surface area contributed by atoms with Gasteiger partial charge in [-0.2, -0.15) is 0 Å². The number of fused-ring (bicyclic) bond motifs is 5. The van der Waals surface area contributed by atoms with Gasteiger partial charge in [0.05, 0.1) is 12.2 Å². The Morgan fingerprint density at radius 1 is 0.781 bits per heavy atom. The van der Waals surface area contributed by atoms with Crippen molar-refractivity contribution in [1.82, 2.24) is 4.98 Å². The van der Waals surface area contributed by atoms with Gasteiger partial charge in [-0.25, -0.2) is 0 Å². The Balaban J connectivity index is 1.56. The smallest absolute Gasteiger partial charge is 0.0630 e. The van der Waals surface area contributed by atoms with Crippen molar-refractivity contribution in [1.29, 1.82) is 0 Å². The molecule has 0 bridgehead atoms. The first-order valence-corrected chi connectivity index (χ1v) is 13.1. The molecule has 32 heavy (non-hydrogen) atoms. The van der Waals surface area contributed by atoms with Crippen LogP contribution in [0.4, 0.5) is 0 Å². The number of pyridine rings is 1. The summed E-state index contributed by atoms with van der Waals surface area (Å²) in [7, 11) is 0. The quantitative estimate of drug-likeness (QED) is 0.579. The fourth-order valence-electron chi connectivity index (χ4n) is 10.3. The molecule has 0 amide bonds. The first-order chi connectivity index (χ1) is 14.9. The van der Waals surface area contributed by atoms with Gasteiger partial charge in [0.1, 0.15) is 0 Å². The summed E-state index contributed by atoms with van der Waals surface area (Å²) in [5, 5.41) is 22.4. The number of aliphatic hydroxyl groups is 2. The number of hydrogen-bond acceptors (Lipinski definition) is 3. The van der Waals surface area contributed by atoms with Crippen LogP contribution in [0.3, 0.4) is 0 Å². The van der Waals surface area contributed by atoms with E-state index in [-0.39, 0.29) is 44.7 Å². The van der Waals surface area contributed by atoms with Crippen molar-refractivity contribution in [3.05, 3.63) is 30.1 Å². The minimum Gasteiger partial charge on any atom is -0.393 e. The molecule has 4 fully saturated rings. The van der Waals surface area contributed by atoms with E-state index in [1.54, 1.807) is 0 Å². The molecule has 1 aromatic rings. The summed E-state index contributed by atoms with van der Waals surface area (Å²) in [6.07, 6.45) is 13.2. The number of hydrogen-bond donors (Lipinski definition) is 2. The lowest BCUT2D eigenvalue weighted by Crippen LogP contribution is -2.70. The molecule has 3 heteroatoms. The topological polar surface area (TPSA) is 53.4 Å². The van der Waals surface area contributed by atoms with Gasteiger partial charge >= 0.3 is 0 Å². The second-order valence-corrected chi connectivity index (χ2v) is 13.7. The van der Waals surface area contributed by atoms with Gasteiger partial charge in [0.2, 0.25) is 0 Å². The predicted octanol–water partition coefficient (Wildman–Crippen LogP) is 6.18. The van der Waals surface area contributed by atoms with Crippen LogP contribution in [-0.2, 0) is 6.42 Å². The third kappa shape index (κ3) is 2.48. The summed E-state index contributed by atoms with van der Waals surface area (Å²) in [6, 6.07) is 4.23. The zero-order chi connectivity index (χ0) is 23.2. The zero-order valence-electron chi connectivity index (χ0n) is 21.2. The van der Waals surface area contributed by atoms with E-state index in [2.05, 4.69) is 58.7 Å². The summed E-state index contributed by atoms with van der Waals surface area (Å²) in [5.74, 6) is 0.306. The molecule has 5 rings (SSSR count). The standard InChI is InChI=1S/C29H45NO2/c1-24-11-13-28(5)27(4,26(24,3)10-7-22(31)19-24)14-12-25(2)23(32)21(18-29(25,28)6)17-20-8-15-30-16-9-20/h8-9,15-16,21-23,31-32H,7,10-14,17-19H2,1-6H3/t21-,22+,23-,24+,25-,26+,27-,28-,29-/m1/s1. The van der Waals surface area contributed by atoms with Crippen LogP contribution in [0.1, 0.15) is 98.5 Å². The lowest BCUT2D eigenvalue weighted by atomic mass is 9.27. The zero-order valence-corrected chi connectivity index (χ0v) is 21.2. The summed E-state index contributed by atoms with van der Waals surface area (Å²) in [4.78, 5) is 4.19. The number of nitrogens with zero attached hydrogens (tertiary/aromatic N) is 1. The molecule has 178 valence electrons. The second kappa shape index (κ2) is 6.81. The van der Waals surface area contributed by atoms with E-state index in [0.717, 1.165) is 38.5 Å². The highest BCUT2D eigenvalue weighted by atomic mass is 16.3. The fraction of sp³-hybridized carbons (Fsp3) is 0.828. The van der Waals surface area contributed by atoms with Crippen LogP contribution in [0.2, 0.25) is 0 Å². The molecule has 2 N–H and O–H groups in total. The van der Waals surface area contributed by atoms with Crippen LogP contribution in [0.25, 0.3) is 0 Å². The first kappa shape index (κ1) is 22.8. The molecule has 0 unspecified atom stereocenters. The third-order valence-electron chi connectivity index (χ3n) is 13.2. The van der Waals surface area contributed by atoms with Gasteiger partial charge in [0, 0.05) is 12.4 Å². The Labute approximate surface area is 195 Å². The Morgan fingerprint density at radius 2 is 1.41 bits per heavy atom. The molecule has 1 aromatic heterocycles. The van der Waals surface area contributed by atoms with E-state index in [9.17, 15) is 10.2 Å².